The first kappa shape index (κ1) is 54.5. The minimum atomic E-state index is -4.73. The Hall–Kier alpha value is 0.720. The summed E-state index contributed by atoms with van der Waals surface area (Å²) in [4.78, 5) is 23.8. The Morgan fingerprint density at radius 2 is 0.830 bits per heavy atom. The van der Waals surface area contributed by atoms with E-state index in [1.165, 1.54) is 51.4 Å². The van der Waals surface area contributed by atoms with Gasteiger partial charge in [-0.25, -0.2) is 4.18 Å². The maximum atomic E-state index is 12.0. The molecule has 0 aromatic carbocycles. The van der Waals surface area contributed by atoms with Crippen molar-refractivity contribution in [1.29, 1.82) is 0 Å². The van der Waals surface area contributed by atoms with Gasteiger partial charge in [0, 0.05) is 0 Å². The molecular formula is C32H66Na2O11S2. The molecule has 15 heteroatoms. The molecule has 0 saturated carbocycles. The molecule has 0 bridgehead atoms. The standard InChI is InChI=1S/C20H38O7S.C12H26O4S.2Na.2H/c1-3-5-7-9-11-13-15-26-19(21)17-18(28(23,24)25)20(22)27-16-14-12-10-8-6-4-2;1-2-3-4-5-6-7-8-9-10-11-12-16-17(13,14)15;;;;/h18H,3-17H2,1-2H3,(H,23,24,25);2-12H2,1H3,(H,13,14,15);;;;. The van der Waals surface area contributed by atoms with Gasteiger partial charge in [0.2, 0.25) is 0 Å². The van der Waals surface area contributed by atoms with Gasteiger partial charge in [-0.05, 0) is 19.3 Å². The summed E-state index contributed by atoms with van der Waals surface area (Å²) in [5.41, 5.74) is 0. The van der Waals surface area contributed by atoms with Crippen LogP contribution < -0.4 is 0 Å². The Bertz CT molecular complexity index is 918. The van der Waals surface area contributed by atoms with Crippen molar-refractivity contribution >= 4 is 91.6 Å². The monoisotopic (exact) mass is 736 g/mol. The van der Waals surface area contributed by atoms with Gasteiger partial charge in [0.05, 0.1) is 26.2 Å². The van der Waals surface area contributed by atoms with Gasteiger partial charge in [-0.1, -0.05) is 143 Å². The SMILES string of the molecule is CCCCCCCCCCCCOS(=O)(=O)O.CCCCCCCCOC(=O)CC(C(=O)OCCCCCCCC)S(=O)(=O)O.[NaH].[NaH]. The molecule has 0 rings (SSSR count). The zero-order valence-electron chi connectivity index (χ0n) is 28.3. The average Bonchev–Trinajstić information content (AvgIpc) is 2.97. The van der Waals surface area contributed by atoms with Gasteiger partial charge < -0.3 is 9.47 Å². The van der Waals surface area contributed by atoms with Crippen molar-refractivity contribution < 1.29 is 49.2 Å². The summed E-state index contributed by atoms with van der Waals surface area (Å²) < 4.78 is 75.0. The van der Waals surface area contributed by atoms with Crippen molar-refractivity contribution in [2.24, 2.45) is 0 Å². The van der Waals surface area contributed by atoms with E-state index in [1.54, 1.807) is 0 Å². The molecule has 0 saturated heterocycles. The molecule has 0 radical (unpaired) electrons. The van der Waals surface area contributed by atoms with Crippen LogP contribution in [0.4, 0.5) is 0 Å². The number of hydrogen-bond acceptors (Lipinski definition) is 9. The number of rotatable bonds is 30. The molecule has 0 aliphatic rings. The summed E-state index contributed by atoms with van der Waals surface area (Å²) in [6.45, 7) is 6.81. The molecule has 11 nitrogen and oxygen atoms in total. The number of hydrogen-bond donors (Lipinski definition) is 2. The first-order valence-electron chi connectivity index (χ1n) is 17.3. The van der Waals surface area contributed by atoms with Crippen LogP contribution in [0.3, 0.4) is 0 Å². The zero-order chi connectivity index (χ0) is 34.2. The van der Waals surface area contributed by atoms with Crippen LogP contribution in [0.1, 0.15) is 168 Å². The van der Waals surface area contributed by atoms with Crippen LogP contribution in [-0.4, -0.2) is 122 Å². The Balaban J connectivity index is -0.000000420. The van der Waals surface area contributed by atoms with Crippen LogP contribution in [0.15, 0.2) is 0 Å². The van der Waals surface area contributed by atoms with Crippen LogP contribution in [0, 0.1) is 0 Å². The van der Waals surface area contributed by atoms with Gasteiger partial charge in [0.15, 0.2) is 5.25 Å². The molecule has 0 heterocycles. The van der Waals surface area contributed by atoms with E-state index in [4.69, 9.17) is 14.0 Å². The minimum absolute atomic E-state index is 0. The quantitative estimate of drug-likeness (QED) is 0.0341. The number of carbonyl (C=O) groups excluding carboxylic acids is 2. The molecule has 47 heavy (non-hydrogen) atoms. The fourth-order valence-electron chi connectivity index (χ4n) is 4.49. The van der Waals surface area contributed by atoms with Crippen LogP contribution in [0.25, 0.3) is 0 Å². The summed E-state index contributed by atoms with van der Waals surface area (Å²) in [5, 5.41) is -1.93. The summed E-state index contributed by atoms with van der Waals surface area (Å²) in [6, 6.07) is 0. The summed E-state index contributed by atoms with van der Waals surface area (Å²) >= 11 is 0. The van der Waals surface area contributed by atoms with Crippen LogP contribution in [-0.2, 0) is 43.8 Å². The Labute approximate surface area is 331 Å². The van der Waals surface area contributed by atoms with Gasteiger partial charge in [-0.3, -0.25) is 18.7 Å². The van der Waals surface area contributed by atoms with Crippen LogP contribution in [0.2, 0.25) is 0 Å². The first-order chi connectivity index (χ1) is 21.4. The Morgan fingerprint density at radius 1 is 0.511 bits per heavy atom. The van der Waals surface area contributed by atoms with E-state index in [0.29, 0.717) is 19.3 Å². The Kier molecular flexibility index (Phi) is 44.0. The van der Waals surface area contributed by atoms with E-state index >= 15 is 0 Å². The van der Waals surface area contributed by atoms with Gasteiger partial charge in [-0.2, -0.15) is 16.8 Å². The molecule has 0 aromatic heterocycles. The van der Waals surface area contributed by atoms with E-state index in [0.717, 1.165) is 70.6 Å². The van der Waals surface area contributed by atoms with Gasteiger partial charge in [0.25, 0.3) is 10.1 Å². The van der Waals surface area contributed by atoms with Crippen LogP contribution in [0.5, 0.6) is 0 Å². The molecule has 2 N–H and O–H groups in total. The third kappa shape index (κ3) is 42.8. The van der Waals surface area contributed by atoms with E-state index in [9.17, 15) is 31.0 Å². The molecule has 0 amide bonds. The van der Waals surface area contributed by atoms with Crippen molar-refractivity contribution in [2.75, 3.05) is 19.8 Å². The predicted octanol–water partition coefficient (Wildman–Crippen LogP) is 6.87. The first-order valence-corrected chi connectivity index (χ1v) is 20.2. The second kappa shape index (κ2) is 38.0. The molecule has 1 atom stereocenters. The van der Waals surface area contributed by atoms with Gasteiger partial charge in [-0.15, -0.1) is 0 Å². The molecule has 0 aromatic rings. The van der Waals surface area contributed by atoms with Gasteiger partial charge >= 0.3 is 81.5 Å². The van der Waals surface area contributed by atoms with E-state index < -0.39 is 44.1 Å². The summed E-state index contributed by atoms with van der Waals surface area (Å²) in [5.74, 6) is -1.93. The molecule has 0 fully saturated rings. The molecule has 274 valence electrons. The number of esters is 2. The average molecular weight is 737 g/mol. The van der Waals surface area contributed by atoms with Crippen molar-refractivity contribution in [1.82, 2.24) is 0 Å². The van der Waals surface area contributed by atoms with E-state index in [1.807, 2.05) is 0 Å². The van der Waals surface area contributed by atoms with Crippen molar-refractivity contribution in [2.45, 2.75) is 174 Å². The third-order valence-corrected chi connectivity index (χ3v) is 8.75. The van der Waals surface area contributed by atoms with Crippen molar-refractivity contribution in [3.63, 3.8) is 0 Å². The molecule has 1 unspecified atom stereocenters. The summed E-state index contributed by atoms with van der Waals surface area (Å²) in [7, 11) is -8.97. The van der Waals surface area contributed by atoms with Gasteiger partial charge in [0.1, 0.15) is 0 Å². The van der Waals surface area contributed by atoms with E-state index in [2.05, 4.69) is 25.0 Å². The second-order valence-corrected chi connectivity index (χ2v) is 14.3. The fraction of sp³-hybridized carbons (Fsp3) is 0.938. The number of unbranched alkanes of at least 4 members (excludes halogenated alkanes) is 19. The molecular weight excluding hydrogens is 670 g/mol. The maximum absolute atomic E-state index is 12.0. The Morgan fingerprint density at radius 3 is 1.17 bits per heavy atom. The number of carbonyl (C=O) groups is 2. The third-order valence-electron chi connectivity index (χ3n) is 7.21. The molecule has 0 aliphatic heterocycles. The topological polar surface area (TPSA) is 171 Å². The normalized spacial score (nSPS) is 11.8. The molecule has 0 spiro atoms. The predicted molar refractivity (Wildman–Crippen MR) is 192 cm³/mol. The van der Waals surface area contributed by atoms with Crippen molar-refractivity contribution in [3.05, 3.63) is 0 Å². The van der Waals surface area contributed by atoms with Crippen molar-refractivity contribution in [3.8, 4) is 0 Å². The number of ether oxygens (including phenoxy) is 2. The molecule has 0 aliphatic carbocycles. The summed E-state index contributed by atoms with van der Waals surface area (Å²) in [6.07, 6.45) is 23.2. The second-order valence-electron chi connectivity index (χ2n) is 11.6. The fourth-order valence-corrected chi connectivity index (χ4v) is 5.48. The van der Waals surface area contributed by atoms with Crippen LogP contribution >= 0.6 is 0 Å². The zero-order valence-corrected chi connectivity index (χ0v) is 30.0. The van der Waals surface area contributed by atoms with E-state index in [-0.39, 0.29) is 78.9 Å².